The average Bonchev–Trinajstić information content (AvgIpc) is 3.28. The van der Waals surface area contributed by atoms with Crippen molar-refractivity contribution in [1.29, 1.82) is 0 Å². The van der Waals surface area contributed by atoms with E-state index in [-0.39, 0.29) is 23.9 Å². The van der Waals surface area contributed by atoms with Crippen LogP contribution >= 0.6 is 0 Å². The van der Waals surface area contributed by atoms with Crippen molar-refractivity contribution < 1.29 is 9.59 Å². The van der Waals surface area contributed by atoms with Crippen molar-refractivity contribution in [2.75, 3.05) is 26.2 Å². The molecular formula is C22H28N4O3. The fraction of sp³-hybridized carbons (Fsp3) is 0.545. The second kappa shape index (κ2) is 8.76. The number of carbonyl (C=O) groups excluding carboxylic acids is 2. The van der Waals surface area contributed by atoms with Crippen LogP contribution in [0.3, 0.4) is 0 Å². The number of hydrogen-bond acceptors (Lipinski definition) is 4. The largest absolute Gasteiger partial charge is 0.339 e. The van der Waals surface area contributed by atoms with Gasteiger partial charge in [-0.2, -0.15) is 0 Å². The third-order valence-corrected chi connectivity index (χ3v) is 6.26. The van der Waals surface area contributed by atoms with Gasteiger partial charge >= 0.3 is 0 Å². The lowest BCUT2D eigenvalue weighted by atomic mass is 10.0. The van der Waals surface area contributed by atoms with Crippen LogP contribution < -0.4 is 5.56 Å². The molecule has 4 rings (SSSR count). The van der Waals surface area contributed by atoms with Crippen LogP contribution in [0, 0.1) is 5.92 Å². The number of para-hydroxylation sites is 1. The van der Waals surface area contributed by atoms with Crippen molar-refractivity contribution in [3.63, 3.8) is 0 Å². The molecule has 1 aliphatic carbocycles. The molecule has 1 aromatic heterocycles. The predicted molar refractivity (Wildman–Crippen MR) is 110 cm³/mol. The van der Waals surface area contributed by atoms with Gasteiger partial charge in [-0.05, 0) is 24.5 Å². The first-order chi connectivity index (χ1) is 14.1. The lowest BCUT2D eigenvalue weighted by molar-refractivity contribution is -0.140. The summed E-state index contributed by atoms with van der Waals surface area (Å²) in [5.41, 5.74) is 0.426. The molecule has 2 aliphatic rings. The van der Waals surface area contributed by atoms with E-state index >= 15 is 0 Å². The molecule has 2 amide bonds. The number of carbonyl (C=O) groups is 2. The van der Waals surface area contributed by atoms with Crippen LogP contribution in [0.5, 0.6) is 0 Å². The molecule has 1 aliphatic heterocycles. The number of fused-ring (bicyclic) bond motifs is 1. The highest BCUT2D eigenvalue weighted by Gasteiger charge is 2.25. The number of rotatable bonds is 5. The number of piperazine rings is 1. The first-order valence-corrected chi connectivity index (χ1v) is 10.6. The lowest BCUT2D eigenvalue weighted by Crippen LogP contribution is -2.51. The number of nitrogens with zero attached hydrogens (tertiary/aromatic N) is 4. The molecular weight excluding hydrogens is 368 g/mol. The molecule has 1 saturated heterocycles. The minimum Gasteiger partial charge on any atom is -0.339 e. The smallest absolute Gasteiger partial charge is 0.261 e. The maximum Gasteiger partial charge on any atom is 0.261 e. The zero-order chi connectivity index (χ0) is 20.2. The summed E-state index contributed by atoms with van der Waals surface area (Å²) in [4.78, 5) is 45.6. The molecule has 1 saturated carbocycles. The van der Waals surface area contributed by atoms with Crippen LogP contribution in [-0.4, -0.2) is 57.3 Å². The van der Waals surface area contributed by atoms with Crippen LogP contribution in [0.2, 0.25) is 0 Å². The molecule has 2 aromatic rings. The molecule has 2 heterocycles. The van der Waals surface area contributed by atoms with E-state index in [1.54, 1.807) is 23.1 Å². The molecule has 1 aromatic carbocycles. The summed E-state index contributed by atoms with van der Waals surface area (Å²) < 4.78 is 1.36. The summed E-state index contributed by atoms with van der Waals surface area (Å²) in [5.74, 6) is 0.817. The third kappa shape index (κ3) is 4.49. The SMILES string of the molecule is O=C(CCC1CCCC1)N1CCN(C(=O)Cn2cnc3ccccc3c2=O)CC1. The fourth-order valence-electron chi connectivity index (χ4n) is 4.45. The Morgan fingerprint density at radius 2 is 1.62 bits per heavy atom. The van der Waals surface area contributed by atoms with Crippen molar-refractivity contribution in [3.05, 3.63) is 40.9 Å². The summed E-state index contributed by atoms with van der Waals surface area (Å²) in [6.07, 6.45) is 8.18. The normalized spacial score (nSPS) is 17.8. The second-order valence-corrected chi connectivity index (χ2v) is 8.15. The van der Waals surface area contributed by atoms with Gasteiger partial charge in [0.25, 0.3) is 5.56 Å². The van der Waals surface area contributed by atoms with E-state index in [0.29, 0.717) is 43.5 Å². The van der Waals surface area contributed by atoms with E-state index in [2.05, 4.69) is 4.98 Å². The van der Waals surface area contributed by atoms with Gasteiger partial charge in [0.05, 0.1) is 17.2 Å². The van der Waals surface area contributed by atoms with E-state index in [9.17, 15) is 14.4 Å². The zero-order valence-corrected chi connectivity index (χ0v) is 16.8. The van der Waals surface area contributed by atoms with Gasteiger partial charge in [0.15, 0.2) is 0 Å². The summed E-state index contributed by atoms with van der Waals surface area (Å²) in [6, 6.07) is 7.13. The molecule has 0 N–H and O–H groups in total. The van der Waals surface area contributed by atoms with Gasteiger partial charge in [0.2, 0.25) is 11.8 Å². The second-order valence-electron chi connectivity index (χ2n) is 8.15. The number of benzene rings is 1. The molecule has 0 atom stereocenters. The highest BCUT2D eigenvalue weighted by molar-refractivity contribution is 5.80. The Morgan fingerprint density at radius 3 is 2.34 bits per heavy atom. The predicted octanol–water partition coefficient (Wildman–Crippen LogP) is 2.04. The molecule has 0 unspecified atom stereocenters. The first-order valence-electron chi connectivity index (χ1n) is 10.6. The van der Waals surface area contributed by atoms with Crippen molar-refractivity contribution in [2.45, 2.75) is 45.1 Å². The maximum absolute atomic E-state index is 12.7. The van der Waals surface area contributed by atoms with Crippen LogP contribution in [0.4, 0.5) is 0 Å². The number of aromatic nitrogens is 2. The van der Waals surface area contributed by atoms with E-state index in [1.807, 2.05) is 11.0 Å². The van der Waals surface area contributed by atoms with E-state index in [1.165, 1.54) is 36.6 Å². The third-order valence-electron chi connectivity index (χ3n) is 6.26. The molecule has 7 nitrogen and oxygen atoms in total. The highest BCUT2D eigenvalue weighted by atomic mass is 16.2. The van der Waals surface area contributed by atoms with Gasteiger partial charge in [-0.1, -0.05) is 37.8 Å². The molecule has 2 fully saturated rings. The minimum absolute atomic E-state index is 0.0215. The topological polar surface area (TPSA) is 75.5 Å². The molecule has 29 heavy (non-hydrogen) atoms. The number of amides is 2. The molecule has 154 valence electrons. The van der Waals surface area contributed by atoms with Crippen molar-refractivity contribution in [2.24, 2.45) is 5.92 Å². The molecule has 0 bridgehead atoms. The minimum atomic E-state index is -0.204. The Bertz CT molecular complexity index is 940. The van der Waals surface area contributed by atoms with E-state index in [4.69, 9.17) is 0 Å². The van der Waals surface area contributed by atoms with Crippen molar-refractivity contribution in [3.8, 4) is 0 Å². The van der Waals surface area contributed by atoms with Crippen LogP contribution in [0.1, 0.15) is 38.5 Å². The highest BCUT2D eigenvalue weighted by Crippen LogP contribution is 2.28. The van der Waals surface area contributed by atoms with Crippen LogP contribution in [0.25, 0.3) is 10.9 Å². The molecule has 7 heteroatoms. The van der Waals surface area contributed by atoms with Gasteiger partial charge in [-0.25, -0.2) is 4.98 Å². The lowest BCUT2D eigenvalue weighted by Gasteiger charge is -2.35. The van der Waals surface area contributed by atoms with Gasteiger partial charge in [0, 0.05) is 32.6 Å². The van der Waals surface area contributed by atoms with Gasteiger partial charge in [-0.15, -0.1) is 0 Å². The Kier molecular flexibility index (Phi) is 5.92. The first kappa shape index (κ1) is 19.6. The van der Waals surface area contributed by atoms with Gasteiger partial charge in [-0.3, -0.25) is 19.0 Å². The zero-order valence-electron chi connectivity index (χ0n) is 16.8. The summed E-state index contributed by atoms with van der Waals surface area (Å²) >= 11 is 0. The Labute approximate surface area is 170 Å². The standard InChI is InChI=1S/C22H28N4O3/c27-20(10-9-17-5-1-2-6-17)24-11-13-25(14-12-24)21(28)15-26-16-23-19-8-4-3-7-18(19)22(26)29/h3-4,7-8,16-17H,1-2,5-6,9-15H2. The van der Waals surface area contributed by atoms with Crippen LogP contribution in [0.15, 0.2) is 35.4 Å². The van der Waals surface area contributed by atoms with E-state index in [0.717, 1.165) is 12.3 Å². The van der Waals surface area contributed by atoms with Crippen LogP contribution in [-0.2, 0) is 16.1 Å². The van der Waals surface area contributed by atoms with Crippen molar-refractivity contribution >= 4 is 22.7 Å². The Morgan fingerprint density at radius 1 is 0.966 bits per heavy atom. The summed E-state index contributed by atoms with van der Waals surface area (Å²) in [7, 11) is 0. The van der Waals surface area contributed by atoms with E-state index < -0.39 is 0 Å². The summed E-state index contributed by atoms with van der Waals surface area (Å²) in [5, 5.41) is 0.514. The fourth-order valence-corrected chi connectivity index (χ4v) is 4.45. The Hall–Kier alpha value is -2.70. The van der Waals surface area contributed by atoms with Crippen molar-refractivity contribution in [1.82, 2.24) is 19.4 Å². The molecule has 0 spiro atoms. The maximum atomic E-state index is 12.7. The Balaban J connectivity index is 1.29. The monoisotopic (exact) mass is 396 g/mol. The van der Waals surface area contributed by atoms with Gasteiger partial charge < -0.3 is 9.80 Å². The summed E-state index contributed by atoms with van der Waals surface area (Å²) in [6.45, 7) is 2.15. The quantitative estimate of drug-likeness (QED) is 0.775. The molecule has 0 radical (unpaired) electrons. The average molecular weight is 396 g/mol. The van der Waals surface area contributed by atoms with Gasteiger partial charge in [0.1, 0.15) is 6.54 Å². The number of hydrogen-bond donors (Lipinski definition) is 0.